The molecule has 1 heterocycles. The van der Waals surface area contributed by atoms with Gasteiger partial charge in [-0.25, -0.2) is 0 Å². The van der Waals surface area contributed by atoms with E-state index >= 15 is 0 Å². The average molecular weight is 236 g/mol. The fraction of sp³-hybridized carbons (Fsp3) is 0.714. The highest BCUT2D eigenvalue weighted by Crippen LogP contribution is 2.21. The highest BCUT2D eigenvalue weighted by atomic mass is 16.1. The van der Waals surface area contributed by atoms with Crippen LogP contribution in [-0.4, -0.2) is 15.6 Å². The quantitative estimate of drug-likeness (QED) is 0.750. The lowest BCUT2D eigenvalue weighted by Crippen LogP contribution is -2.12. The summed E-state index contributed by atoms with van der Waals surface area (Å²) in [4.78, 5) is 11.8. The van der Waals surface area contributed by atoms with Gasteiger partial charge in [0.2, 0.25) is 0 Å². The summed E-state index contributed by atoms with van der Waals surface area (Å²) in [5.74, 6) is 0.196. The van der Waals surface area contributed by atoms with Crippen LogP contribution in [0, 0.1) is 19.3 Å². The van der Waals surface area contributed by atoms with Gasteiger partial charge in [-0.3, -0.25) is 9.48 Å². The van der Waals surface area contributed by atoms with Crippen molar-refractivity contribution in [2.24, 2.45) is 5.41 Å². The van der Waals surface area contributed by atoms with Crippen LogP contribution in [0.25, 0.3) is 0 Å². The van der Waals surface area contributed by atoms with E-state index in [1.807, 2.05) is 25.5 Å². The van der Waals surface area contributed by atoms with Crippen molar-refractivity contribution in [1.29, 1.82) is 0 Å². The molecule has 0 radical (unpaired) electrons. The number of aromatic nitrogens is 2. The molecule has 0 bridgehead atoms. The number of hydrogen-bond donors (Lipinski definition) is 0. The zero-order valence-corrected chi connectivity index (χ0v) is 11.9. The predicted molar refractivity (Wildman–Crippen MR) is 70.4 cm³/mol. The highest BCUT2D eigenvalue weighted by Gasteiger charge is 2.18. The Bertz CT molecular complexity index is 411. The Hall–Kier alpha value is -1.12. The van der Waals surface area contributed by atoms with Crippen molar-refractivity contribution >= 4 is 5.78 Å². The summed E-state index contributed by atoms with van der Waals surface area (Å²) in [6.07, 6.45) is 1.61. The van der Waals surface area contributed by atoms with Gasteiger partial charge in [0.15, 0.2) is 5.78 Å². The Balaban J connectivity index is 2.93. The molecule has 1 aromatic heterocycles. The SMILES string of the molecule is CCC(=O)c1c(C)nn(CCC(C)(C)C)c1C. The van der Waals surface area contributed by atoms with Crippen LogP contribution in [-0.2, 0) is 6.54 Å². The number of hydrogen-bond acceptors (Lipinski definition) is 2. The fourth-order valence-corrected chi connectivity index (χ4v) is 1.94. The number of nitrogens with zero attached hydrogens (tertiary/aromatic N) is 2. The van der Waals surface area contributed by atoms with Crippen LogP contribution in [0.15, 0.2) is 0 Å². The third-order valence-corrected chi connectivity index (χ3v) is 3.06. The molecule has 0 saturated heterocycles. The lowest BCUT2D eigenvalue weighted by Gasteiger charge is -2.18. The Morgan fingerprint density at radius 2 is 1.88 bits per heavy atom. The van der Waals surface area contributed by atoms with Crippen molar-refractivity contribution in [2.45, 2.75) is 60.9 Å². The smallest absolute Gasteiger partial charge is 0.166 e. The Morgan fingerprint density at radius 1 is 1.29 bits per heavy atom. The molecule has 1 aromatic rings. The Kier molecular flexibility index (Phi) is 4.12. The molecule has 1 rings (SSSR count). The maximum atomic E-state index is 11.8. The Morgan fingerprint density at radius 3 is 2.35 bits per heavy atom. The molecular formula is C14H24N2O. The molecule has 3 nitrogen and oxygen atoms in total. The van der Waals surface area contributed by atoms with Crippen molar-refractivity contribution in [3.05, 3.63) is 17.0 Å². The van der Waals surface area contributed by atoms with Gasteiger partial charge in [0.1, 0.15) is 0 Å². The molecule has 0 unspecified atom stereocenters. The van der Waals surface area contributed by atoms with Crippen molar-refractivity contribution in [3.8, 4) is 0 Å². The molecule has 0 aliphatic rings. The van der Waals surface area contributed by atoms with Gasteiger partial charge in [-0.2, -0.15) is 5.10 Å². The minimum Gasteiger partial charge on any atom is -0.294 e. The minimum absolute atomic E-state index is 0.196. The normalized spacial score (nSPS) is 11.9. The van der Waals surface area contributed by atoms with Gasteiger partial charge in [0.05, 0.1) is 11.3 Å². The zero-order chi connectivity index (χ0) is 13.2. The number of carbonyl (C=O) groups is 1. The number of aryl methyl sites for hydroxylation is 2. The molecular weight excluding hydrogens is 212 g/mol. The molecule has 96 valence electrons. The third kappa shape index (κ3) is 3.42. The van der Waals surface area contributed by atoms with Gasteiger partial charge < -0.3 is 0 Å². The van der Waals surface area contributed by atoms with E-state index in [0.717, 1.165) is 29.9 Å². The summed E-state index contributed by atoms with van der Waals surface area (Å²) in [6, 6.07) is 0. The molecule has 0 aliphatic carbocycles. The summed E-state index contributed by atoms with van der Waals surface area (Å²) in [6.45, 7) is 13.3. The van der Waals surface area contributed by atoms with Crippen molar-refractivity contribution in [2.75, 3.05) is 0 Å². The molecule has 17 heavy (non-hydrogen) atoms. The molecule has 0 aromatic carbocycles. The van der Waals surface area contributed by atoms with Gasteiger partial charge in [-0.05, 0) is 25.7 Å². The molecule has 0 N–H and O–H groups in total. The second kappa shape index (κ2) is 5.03. The van der Waals surface area contributed by atoms with Crippen molar-refractivity contribution in [1.82, 2.24) is 9.78 Å². The highest BCUT2D eigenvalue weighted by molar-refractivity contribution is 5.97. The lowest BCUT2D eigenvalue weighted by atomic mass is 9.92. The standard InChI is InChI=1S/C14H24N2O/c1-7-12(17)13-10(2)15-16(11(13)3)9-8-14(4,5)6/h7-9H2,1-6H3. The van der Waals surface area contributed by atoms with Gasteiger partial charge in [-0.15, -0.1) is 0 Å². The third-order valence-electron chi connectivity index (χ3n) is 3.06. The minimum atomic E-state index is 0.196. The van der Waals surface area contributed by atoms with Gasteiger partial charge in [-0.1, -0.05) is 27.7 Å². The van der Waals surface area contributed by atoms with Crippen LogP contribution >= 0.6 is 0 Å². The largest absolute Gasteiger partial charge is 0.294 e. The molecule has 0 amide bonds. The predicted octanol–water partition coefficient (Wildman–Crippen LogP) is 3.53. The van der Waals surface area contributed by atoms with E-state index < -0.39 is 0 Å². The first-order valence-electron chi connectivity index (χ1n) is 6.33. The maximum Gasteiger partial charge on any atom is 0.166 e. The van der Waals surface area contributed by atoms with Crippen LogP contribution in [0.4, 0.5) is 0 Å². The molecule has 0 atom stereocenters. The van der Waals surface area contributed by atoms with Gasteiger partial charge >= 0.3 is 0 Å². The van der Waals surface area contributed by atoms with E-state index in [1.54, 1.807) is 0 Å². The van der Waals surface area contributed by atoms with Gasteiger partial charge in [0.25, 0.3) is 0 Å². The number of carbonyl (C=O) groups excluding carboxylic acids is 1. The number of rotatable bonds is 4. The van der Waals surface area contributed by atoms with E-state index in [1.165, 1.54) is 0 Å². The lowest BCUT2D eigenvalue weighted by molar-refractivity contribution is 0.0987. The first-order valence-corrected chi connectivity index (χ1v) is 6.33. The Labute approximate surface area is 104 Å². The molecule has 0 aliphatic heterocycles. The van der Waals surface area contributed by atoms with Crippen LogP contribution in [0.5, 0.6) is 0 Å². The molecule has 0 saturated carbocycles. The molecule has 3 heteroatoms. The van der Waals surface area contributed by atoms with E-state index in [0.29, 0.717) is 11.8 Å². The topological polar surface area (TPSA) is 34.9 Å². The molecule has 0 fully saturated rings. The second-order valence-corrected chi connectivity index (χ2v) is 5.86. The fourth-order valence-electron chi connectivity index (χ4n) is 1.94. The number of Topliss-reactive ketones (excluding diaryl/α,β-unsaturated/α-hetero) is 1. The second-order valence-electron chi connectivity index (χ2n) is 5.86. The first-order chi connectivity index (χ1) is 7.76. The van der Waals surface area contributed by atoms with Crippen molar-refractivity contribution in [3.63, 3.8) is 0 Å². The summed E-state index contributed by atoms with van der Waals surface area (Å²) in [5, 5.41) is 4.48. The first kappa shape index (κ1) is 13.9. The van der Waals surface area contributed by atoms with E-state index in [4.69, 9.17) is 0 Å². The van der Waals surface area contributed by atoms with Gasteiger partial charge in [0, 0.05) is 18.7 Å². The summed E-state index contributed by atoms with van der Waals surface area (Å²) < 4.78 is 1.98. The summed E-state index contributed by atoms with van der Waals surface area (Å²) >= 11 is 0. The average Bonchev–Trinajstić information content (AvgIpc) is 2.49. The van der Waals surface area contributed by atoms with Crippen LogP contribution in [0.3, 0.4) is 0 Å². The summed E-state index contributed by atoms with van der Waals surface area (Å²) in [5.41, 5.74) is 2.99. The van der Waals surface area contributed by atoms with E-state index in [-0.39, 0.29) is 5.78 Å². The van der Waals surface area contributed by atoms with E-state index in [9.17, 15) is 4.79 Å². The molecule has 0 spiro atoms. The van der Waals surface area contributed by atoms with Crippen LogP contribution in [0.1, 0.15) is 62.3 Å². The monoisotopic (exact) mass is 236 g/mol. The number of ketones is 1. The van der Waals surface area contributed by atoms with Crippen molar-refractivity contribution < 1.29 is 4.79 Å². The van der Waals surface area contributed by atoms with Crippen LogP contribution < -0.4 is 0 Å². The van der Waals surface area contributed by atoms with Crippen LogP contribution in [0.2, 0.25) is 0 Å². The maximum absolute atomic E-state index is 11.8. The summed E-state index contributed by atoms with van der Waals surface area (Å²) in [7, 11) is 0. The van der Waals surface area contributed by atoms with E-state index in [2.05, 4.69) is 25.9 Å². The zero-order valence-electron chi connectivity index (χ0n) is 11.9.